The van der Waals surface area contributed by atoms with Crippen LogP contribution >= 0.6 is 27.3 Å². The third-order valence-electron chi connectivity index (χ3n) is 2.36. The lowest BCUT2D eigenvalue weighted by Gasteiger charge is -2.08. The minimum Gasteiger partial charge on any atom is -0.326 e. The largest absolute Gasteiger partial charge is 0.326 e. The summed E-state index contributed by atoms with van der Waals surface area (Å²) in [6, 6.07) is 4.56. The van der Waals surface area contributed by atoms with E-state index >= 15 is 0 Å². The van der Waals surface area contributed by atoms with Crippen molar-refractivity contribution in [1.29, 1.82) is 0 Å². The first kappa shape index (κ1) is 15.4. The van der Waals surface area contributed by atoms with Crippen molar-refractivity contribution in [2.45, 2.75) is 10.8 Å². The van der Waals surface area contributed by atoms with Gasteiger partial charge in [0.25, 0.3) is 10.0 Å². The van der Waals surface area contributed by atoms with Crippen molar-refractivity contribution in [2.24, 2.45) is 5.73 Å². The van der Waals surface area contributed by atoms with Gasteiger partial charge in [0, 0.05) is 17.5 Å². The van der Waals surface area contributed by atoms with E-state index in [1.165, 1.54) is 6.07 Å². The Balaban J connectivity index is 2.35. The monoisotopic (exact) mass is 382 g/mol. The van der Waals surface area contributed by atoms with Crippen LogP contribution in [0.1, 0.15) is 4.88 Å². The zero-order valence-electron chi connectivity index (χ0n) is 9.86. The predicted molar refractivity (Wildman–Crippen MR) is 77.1 cm³/mol. The molecular weight excluding hydrogens is 374 g/mol. The van der Waals surface area contributed by atoms with Crippen LogP contribution in [0.4, 0.5) is 14.5 Å². The Morgan fingerprint density at radius 3 is 2.55 bits per heavy atom. The molecule has 2 aromatic rings. The van der Waals surface area contributed by atoms with Crippen LogP contribution < -0.4 is 10.5 Å². The molecule has 3 N–H and O–H groups in total. The van der Waals surface area contributed by atoms with Crippen LogP contribution in [0.15, 0.2) is 32.9 Å². The first-order chi connectivity index (χ1) is 9.33. The average molecular weight is 383 g/mol. The molecule has 0 aliphatic rings. The number of nitrogens with two attached hydrogens (primary N) is 1. The van der Waals surface area contributed by atoms with Crippen molar-refractivity contribution in [1.82, 2.24) is 0 Å². The van der Waals surface area contributed by atoms with Gasteiger partial charge in [0.05, 0.1) is 10.2 Å². The van der Waals surface area contributed by atoms with E-state index in [9.17, 15) is 17.2 Å². The lowest BCUT2D eigenvalue weighted by atomic mass is 10.3. The van der Waals surface area contributed by atoms with Crippen molar-refractivity contribution in [3.63, 3.8) is 0 Å². The highest BCUT2D eigenvalue weighted by atomic mass is 79.9. The number of hydrogen-bond donors (Lipinski definition) is 2. The van der Waals surface area contributed by atoms with E-state index < -0.39 is 27.3 Å². The Labute approximate surface area is 126 Å². The molecule has 0 saturated heterocycles. The maximum Gasteiger partial charge on any atom is 0.271 e. The summed E-state index contributed by atoms with van der Waals surface area (Å²) in [6.07, 6.45) is 0. The number of thiophene rings is 1. The number of halogens is 3. The molecule has 2 rings (SSSR count). The van der Waals surface area contributed by atoms with E-state index in [1.54, 1.807) is 6.07 Å². The first-order valence-electron chi connectivity index (χ1n) is 5.29. The smallest absolute Gasteiger partial charge is 0.271 e. The molecule has 0 fully saturated rings. The van der Waals surface area contributed by atoms with Gasteiger partial charge in [-0.2, -0.15) is 0 Å². The highest BCUT2D eigenvalue weighted by Gasteiger charge is 2.19. The minimum atomic E-state index is -3.96. The summed E-state index contributed by atoms with van der Waals surface area (Å²) in [5, 5.41) is 0. The topological polar surface area (TPSA) is 72.2 Å². The standard InChI is InChI=1S/C11H9BrF2N2O2S2/c12-7-3-9(14)10(4-8(7)13)16-20(17,18)11-2-1-6(5-15)19-11/h1-4,16H,5,15H2. The molecule has 9 heteroatoms. The van der Waals surface area contributed by atoms with E-state index in [4.69, 9.17) is 5.73 Å². The summed E-state index contributed by atoms with van der Waals surface area (Å²) in [6.45, 7) is 0.210. The van der Waals surface area contributed by atoms with Crippen LogP contribution in [0.5, 0.6) is 0 Å². The van der Waals surface area contributed by atoms with Crippen LogP contribution in [-0.2, 0) is 16.6 Å². The van der Waals surface area contributed by atoms with Crippen LogP contribution in [0.3, 0.4) is 0 Å². The highest BCUT2D eigenvalue weighted by molar-refractivity contribution is 9.10. The number of nitrogens with one attached hydrogen (secondary N) is 1. The number of benzene rings is 1. The molecule has 0 aliphatic heterocycles. The fourth-order valence-electron chi connectivity index (χ4n) is 1.41. The third kappa shape index (κ3) is 3.17. The number of anilines is 1. The second-order valence-corrected chi connectivity index (χ2v) is 7.71. The summed E-state index contributed by atoms with van der Waals surface area (Å²) in [5.41, 5.74) is 4.95. The van der Waals surface area contributed by atoms with Crippen molar-refractivity contribution < 1.29 is 17.2 Å². The fraction of sp³-hybridized carbons (Fsp3) is 0.0909. The van der Waals surface area contributed by atoms with Crippen molar-refractivity contribution >= 4 is 43.0 Å². The number of sulfonamides is 1. The Morgan fingerprint density at radius 2 is 1.95 bits per heavy atom. The minimum absolute atomic E-state index is 0.0133. The molecule has 1 aromatic heterocycles. The van der Waals surface area contributed by atoms with E-state index in [0.29, 0.717) is 4.88 Å². The van der Waals surface area contributed by atoms with Crippen LogP contribution in [0, 0.1) is 11.6 Å². The van der Waals surface area contributed by atoms with E-state index in [0.717, 1.165) is 23.5 Å². The molecule has 0 radical (unpaired) electrons. The Hall–Kier alpha value is -1.03. The Morgan fingerprint density at radius 1 is 1.25 bits per heavy atom. The molecule has 0 unspecified atom stereocenters. The molecule has 0 saturated carbocycles. The summed E-state index contributed by atoms with van der Waals surface area (Å²) >= 11 is 3.78. The quantitative estimate of drug-likeness (QED) is 0.798. The molecule has 0 atom stereocenters. The van der Waals surface area contributed by atoms with Crippen LogP contribution in [0.25, 0.3) is 0 Å². The molecule has 0 spiro atoms. The molecule has 0 bridgehead atoms. The zero-order chi connectivity index (χ0) is 14.9. The third-order valence-corrected chi connectivity index (χ3v) is 5.93. The van der Waals surface area contributed by atoms with Gasteiger partial charge in [-0.05, 0) is 34.1 Å². The lowest BCUT2D eigenvalue weighted by Crippen LogP contribution is -2.13. The summed E-state index contributed by atoms with van der Waals surface area (Å²) in [7, 11) is -3.96. The Kier molecular flexibility index (Phi) is 4.43. The first-order valence-corrected chi connectivity index (χ1v) is 8.39. The fourth-order valence-corrected chi connectivity index (χ4v) is 4.02. The molecule has 4 nitrogen and oxygen atoms in total. The Bertz CT molecular complexity index is 747. The SMILES string of the molecule is NCc1ccc(S(=O)(=O)Nc2cc(F)c(Br)cc2F)s1. The summed E-state index contributed by atoms with van der Waals surface area (Å²) in [5.74, 6) is -1.64. The molecule has 0 amide bonds. The number of hydrogen-bond acceptors (Lipinski definition) is 4. The summed E-state index contributed by atoms with van der Waals surface area (Å²) in [4.78, 5) is 0.674. The van der Waals surface area contributed by atoms with Gasteiger partial charge in [-0.25, -0.2) is 17.2 Å². The maximum atomic E-state index is 13.6. The van der Waals surface area contributed by atoms with Crippen molar-refractivity contribution in [2.75, 3.05) is 4.72 Å². The van der Waals surface area contributed by atoms with Crippen molar-refractivity contribution in [3.05, 3.63) is 45.2 Å². The van der Waals surface area contributed by atoms with Crippen LogP contribution in [0.2, 0.25) is 0 Å². The van der Waals surface area contributed by atoms with Gasteiger partial charge in [0.1, 0.15) is 15.8 Å². The molecule has 0 aliphatic carbocycles. The molecule has 108 valence electrons. The maximum absolute atomic E-state index is 13.6. The van der Waals surface area contributed by atoms with Gasteiger partial charge >= 0.3 is 0 Å². The molecular formula is C11H9BrF2N2O2S2. The van der Waals surface area contributed by atoms with Crippen molar-refractivity contribution in [3.8, 4) is 0 Å². The normalized spacial score (nSPS) is 11.6. The second-order valence-electron chi connectivity index (χ2n) is 3.78. The predicted octanol–water partition coefficient (Wildman–Crippen LogP) is 3.05. The second kappa shape index (κ2) is 5.76. The lowest BCUT2D eigenvalue weighted by molar-refractivity contribution is 0.592. The van der Waals surface area contributed by atoms with Gasteiger partial charge in [-0.1, -0.05) is 0 Å². The number of rotatable bonds is 4. The molecule has 20 heavy (non-hydrogen) atoms. The van der Waals surface area contributed by atoms with Gasteiger partial charge in [0.2, 0.25) is 0 Å². The van der Waals surface area contributed by atoms with Gasteiger partial charge in [0.15, 0.2) is 0 Å². The van der Waals surface area contributed by atoms with E-state index in [2.05, 4.69) is 15.9 Å². The van der Waals surface area contributed by atoms with Gasteiger partial charge in [-0.15, -0.1) is 11.3 Å². The molecule has 1 heterocycles. The highest BCUT2D eigenvalue weighted by Crippen LogP contribution is 2.27. The molecule has 1 aromatic carbocycles. The van der Waals surface area contributed by atoms with E-state index in [1.807, 2.05) is 4.72 Å². The van der Waals surface area contributed by atoms with Crippen LogP contribution in [-0.4, -0.2) is 8.42 Å². The van der Waals surface area contributed by atoms with Gasteiger partial charge < -0.3 is 5.73 Å². The zero-order valence-corrected chi connectivity index (χ0v) is 13.1. The van der Waals surface area contributed by atoms with E-state index in [-0.39, 0.29) is 15.2 Å². The average Bonchev–Trinajstić information content (AvgIpc) is 2.85. The van der Waals surface area contributed by atoms with Gasteiger partial charge in [-0.3, -0.25) is 4.72 Å². The summed E-state index contributed by atoms with van der Waals surface area (Å²) < 4.78 is 52.9.